The normalized spacial score (nSPS) is 37.5. The molecule has 0 aliphatic carbocycles. The Kier molecular flexibility index (Phi) is 3.07. The van der Waals surface area contributed by atoms with E-state index in [1.807, 2.05) is 0 Å². The molecule has 0 amide bonds. The molecule has 15 heavy (non-hydrogen) atoms. The smallest absolute Gasteiger partial charge is 0.206 e. The van der Waals surface area contributed by atoms with Crippen LogP contribution in [0.25, 0.3) is 0 Å². The molecular weight excluding hydrogens is 292 g/mol. The molecule has 88 valence electrons. The van der Waals surface area contributed by atoms with E-state index in [1.54, 1.807) is 0 Å². The maximum Gasteiger partial charge on any atom is 0.350 e. The number of alkyl halides is 3. The van der Waals surface area contributed by atoms with Crippen LogP contribution in [0.2, 0.25) is 0 Å². The number of fused-ring (bicyclic) bond motifs is 2. The maximum absolute atomic E-state index is 12.4. The SMILES string of the molecule is O=S(=O)(C(F)F)N1C2CCC1CC(Br)C2. The van der Waals surface area contributed by atoms with Crippen molar-refractivity contribution in [3.63, 3.8) is 0 Å². The van der Waals surface area contributed by atoms with Crippen LogP contribution >= 0.6 is 15.9 Å². The van der Waals surface area contributed by atoms with Crippen molar-refractivity contribution in [2.45, 2.75) is 48.4 Å². The van der Waals surface area contributed by atoms with Gasteiger partial charge in [0.1, 0.15) is 0 Å². The topological polar surface area (TPSA) is 37.4 Å². The fraction of sp³-hybridized carbons (Fsp3) is 1.00. The van der Waals surface area contributed by atoms with Gasteiger partial charge in [-0.05, 0) is 25.7 Å². The molecule has 2 heterocycles. The van der Waals surface area contributed by atoms with Crippen LogP contribution in [0.5, 0.6) is 0 Å². The number of piperidine rings is 1. The molecule has 3 nitrogen and oxygen atoms in total. The highest BCUT2D eigenvalue weighted by Crippen LogP contribution is 2.41. The Hall–Kier alpha value is 0.250. The Bertz CT molecular complexity index is 335. The Morgan fingerprint density at radius 3 is 2.07 bits per heavy atom. The lowest BCUT2D eigenvalue weighted by Gasteiger charge is -2.35. The summed E-state index contributed by atoms with van der Waals surface area (Å²) in [5.41, 5.74) is 0. The second-order valence-corrected chi connectivity index (χ2v) is 7.19. The van der Waals surface area contributed by atoms with E-state index in [9.17, 15) is 17.2 Å². The Balaban J connectivity index is 2.26. The van der Waals surface area contributed by atoms with Gasteiger partial charge in [-0.2, -0.15) is 13.1 Å². The summed E-state index contributed by atoms with van der Waals surface area (Å²) in [6.07, 6.45) is 2.70. The van der Waals surface area contributed by atoms with Gasteiger partial charge in [-0.15, -0.1) is 0 Å². The van der Waals surface area contributed by atoms with Gasteiger partial charge in [0.15, 0.2) is 0 Å². The van der Waals surface area contributed by atoms with Crippen LogP contribution in [0.1, 0.15) is 25.7 Å². The fourth-order valence-corrected chi connectivity index (χ4v) is 4.84. The van der Waals surface area contributed by atoms with E-state index < -0.39 is 15.8 Å². The third-order valence-corrected chi connectivity index (χ3v) is 5.51. The molecule has 2 aliphatic heterocycles. The van der Waals surface area contributed by atoms with Crippen molar-refractivity contribution < 1.29 is 17.2 Å². The van der Waals surface area contributed by atoms with Gasteiger partial charge < -0.3 is 0 Å². The Morgan fingerprint density at radius 1 is 1.20 bits per heavy atom. The van der Waals surface area contributed by atoms with Crippen LogP contribution in [-0.2, 0) is 10.0 Å². The second-order valence-electron chi connectivity index (χ2n) is 4.09. The molecule has 7 heteroatoms. The van der Waals surface area contributed by atoms with E-state index in [2.05, 4.69) is 15.9 Å². The largest absolute Gasteiger partial charge is 0.350 e. The number of halogens is 3. The molecule has 0 radical (unpaired) electrons. The molecule has 0 aromatic heterocycles. The zero-order chi connectivity index (χ0) is 11.2. The van der Waals surface area contributed by atoms with Crippen molar-refractivity contribution in [3.8, 4) is 0 Å². The molecule has 0 aromatic carbocycles. The maximum atomic E-state index is 12.4. The summed E-state index contributed by atoms with van der Waals surface area (Å²) in [7, 11) is -4.38. The Labute approximate surface area is 96.0 Å². The summed E-state index contributed by atoms with van der Waals surface area (Å²) in [5.74, 6) is -3.28. The molecule has 0 aromatic rings. The van der Waals surface area contributed by atoms with Crippen LogP contribution in [0.4, 0.5) is 8.78 Å². The fourth-order valence-electron chi connectivity index (χ4n) is 2.58. The lowest BCUT2D eigenvalue weighted by molar-refractivity contribution is 0.191. The predicted octanol–water partition coefficient (Wildman–Crippen LogP) is 1.93. The summed E-state index contributed by atoms with van der Waals surface area (Å²) < 4.78 is 48.7. The van der Waals surface area contributed by atoms with Crippen molar-refractivity contribution in [2.75, 3.05) is 0 Å². The van der Waals surface area contributed by atoms with Crippen molar-refractivity contribution in [1.82, 2.24) is 4.31 Å². The number of hydrogen-bond donors (Lipinski definition) is 0. The van der Waals surface area contributed by atoms with Crippen molar-refractivity contribution in [3.05, 3.63) is 0 Å². The van der Waals surface area contributed by atoms with Gasteiger partial charge in [-0.25, -0.2) is 8.42 Å². The van der Waals surface area contributed by atoms with Crippen molar-refractivity contribution in [2.24, 2.45) is 0 Å². The number of rotatable bonds is 2. The van der Waals surface area contributed by atoms with E-state index in [1.165, 1.54) is 0 Å². The molecule has 2 atom stereocenters. The first-order valence-corrected chi connectivity index (χ1v) is 7.29. The number of nitrogens with zero attached hydrogens (tertiary/aromatic N) is 1. The molecular formula is C8H12BrF2NO2S. The number of sulfonamides is 1. The minimum Gasteiger partial charge on any atom is -0.206 e. The summed E-state index contributed by atoms with van der Waals surface area (Å²) in [6.45, 7) is 0. The van der Waals surface area contributed by atoms with E-state index >= 15 is 0 Å². The quantitative estimate of drug-likeness (QED) is 0.731. The van der Waals surface area contributed by atoms with Gasteiger partial charge in [0.25, 0.3) is 10.0 Å². The predicted molar refractivity (Wildman–Crippen MR) is 55.5 cm³/mol. The summed E-state index contributed by atoms with van der Waals surface area (Å²) in [4.78, 5) is 0.263. The lowest BCUT2D eigenvalue weighted by atomic mass is 10.1. The van der Waals surface area contributed by atoms with Crippen molar-refractivity contribution in [1.29, 1.82) is 0 Å². The number of hydrogen-bond acceptors (Lipinski definition) is 2. The third-order valence-electron chi connectivity index (χ3n) is 3.13. The summed E-state index contributed by atoms with van der Waals surface area (Å²) >= 11 is 3.43. The van der Waals surface area contributed by atoms with Gasteiger partial charge in [0.2, 0.25) is 0 Å². The average molecular weight is 304 g/mol. The Morgan fingerprint density at radius 2 is 1.67 bits per heavy atom. The molecule has 0 spiro atoms. The first-order valence-electron chi connectivity index (χ1n) is 4.87. The molecule has 2 aliphatic rings. The molecule has 0 N–H and O–H groups in total. The first-order chi connectivity index (χ1) is 6.93. The highest BCUT2D eigenvalue weighted by atomic mass is 79.9. The van der Waals surface area contributed by atoms with E-state index in [4.69, 9.17) is 0 Å². The van der Waals surface area contributed by atoms with Gasteiger partial charge in [-0.3, -0.25) is 0 Å². The molecule has 2 unspecified atom stereocenters. The van der Waals surface area contributed by atoms with Crippen LogP contribution in [0.3, 0.4) is 0 Å². The first kappa shape index (κ1) is 11.7. The van der Waals surface area contributed by atoms with Crippen LogP contribution in [0, 0.1) is 0 Å². The van der Waals surface area contributed by atoms with E-state index in [-0.39, 0.29) is 16.9 Å². The standard InChI is InChI=1S/C8H12BrF2NO2S/c9-5-3-6-1-2-7(4-5)12(6)15(13,14)8(10)11/h5-8H,1-4H2. The van der Waals surface area contributed by atoms with Crippen molar-refractivity contribution >= 4 is 26.0 Å². The molecule has 2 saturated heterocycles. The minimum atomic E-state index is -4.38. The molecule has 2 fully saturated rings. The monoisotopic (exact) mass is 303 g/mol. The third kappa shape index (κ3) is 1.93. The zero-order valence-electron chi connectivity index (χ0n) is 7.94. The van der Waals surface area contributed by atoms with Gasteiger partial charge >= 0.3 is 5.76 Å². The van der Waals surface area contributed by atoms with Gasteiger partial charge in [0.05, 0.1) is 0 Å². The van der Waals surface area contributed by atoms with Crippen LogP contribution < -0.4 is 0 Å². The van der Waals surface area contributed by atoms with Gasteiger partial charge in [0, 0.05) is 16.9 Å². The molecule has 2 bridgehead atoms. The molecule has 2 rings (SSSR count). The summed E-state index contributed by atoms with van der Waals surface area (Å²) in [6, 6.07) is -0.459. The van der Waals surface area contributed by atoms with Crippen LogP contribution in [-0.4, -0.2) is 35.4 Å². The highest BCUT2D eigenvalue weighted by molar-refractivity contribution is 9.09. The zero-order valence-corrected chi connectivity index (χ0v) is 10.3. The second kappa shape index (κ2) is 3.92. The summed E-state index contributed by atoms with van der Waals surface area (Å²) in [5, 5.41) is 0. The highest BCUT2D eigenvalue weighted by Gasteiger charge is 2.49. The van der Waals surface area contributed by atoms with E-state index in [0.717, 1.165) is 4.31 Å². The van der Waals surface area contributed by atoms with Gasteiger partial charge in [-0.1, -0.05) is 15.9 Å². The van der Waals surface area contributed by atoms with Crippen LogP contribution in [0.15, 0.2) is 0 Å². The lowest BCUT2D eigenvalue weighted by Crippen LogP contribution is -2.48. The molecule has 0 saturated carbocycles. The average Bonchev–Trinajstić information content (AvgIpc) is 2.39. The van der Waals surface area contributed by atoms with E-state index in [0.29, 0.717) is 25.7 Å². The minimum absolute atomic E-state index is 0.230.